The van der Waals surface area contributed by atoms with Crippen molar-refractivity contribution in [1.82, 2.24) is 14.7 Å². The van der Waals surface area contributed by atoms with Gasteiger partial charge in [-0.3, -0.25) is 9.58 Å². The van der Waals surface area contributed by atoms with E-state index in [0.717, 1.165) is 39.1 Å². The van der Waals surface area contributed by atoms with Crippen molar-refractivity contribution in [3.8, 4) is 5.88 Å². The fraction of sp³-hybridized carbons (Fsp3) is 0.812. The van der Waals surface area contributed by atoms with Crippen LogP contribution in [0.3, 0.4) is 0 Å². The van der Waals surface area contributed by atoms with E-state index in [0.29, 0.717) is 36.9 Å². The molecule has 0 atom stereocenters. The summed E-state index contributed by atoms with van der Waals surface area (Å²) in [7, 11) is 1.65. The molecule has 0 unspecified atom stereocenters. The molecule has 2 aliphatic rings. The largest absolute Gasteiger partial charge is 0.473 e. The number of nitrogen functional groups attached to an aromatic ring is 1. The second kappa shape index (κ2) is 9.46. The van der Waals surface area contributed by atoms with E-state index in [-0.39, 0.29) is 12.4 Å². The maximum atomic E-state index is 6.00. The zero-order valence-corrected chi connectivity index (χ0v) is 15.2. The molecule has 1 aromatic rings. The van der Waals surface area contributed by atoms with Gasteiger partial charge in [0.15, 0.2) is 0 Å². The van der Waals surface area contributed by atoms with Crippen molar-refractivity contribution in [3.63, 3.8) is 0 Å². The average Bonchev–Trinajstić information content (AvgIpc) is 2.97. The van der Waals surface area contributed by atoms with Crippen LogP contribution in [0.25, 0.3) is 0 Å². The van der Waals surface area contributed by atoms with Gasteiger partial charge in [0.25, 0.3) is 5.88 Å². The van der Waals surface area contributed by atoms with Gasteiger partial charge in [-0.25, -0.2) is 0 Å². The maximum Gasteiger partial charge on any atom is 0.256 e. The summed E-state index contributed by atoms with van der Waals surface area (Å²) in [6.07, 6.45) is 6.61. The van der Waals surface area contributed by atoms with Crippen LogP contribution in [0.1, 0.15) is 31.7 Å². The fourth-order valence-corrected chi connectivity index (χ4v) is 3.54. The Morgan fingerprint density at radius 1 is 1.17 bits per heavy atom. The normalized spacial score (nSPS) is 25.2. The molecule has 1 aliphatic heterocycles. The first-order chi connectivity index (χ1) is 11.3. The van der Waals surface area contributed by atoms with E-state index < -0.39 is 0 Å². The van der Waals surface area contributed by atoms with E-state index in [4.69, 9.17) is 19.9 Å². The summed E-state index contributed by atoms with van der Waals surface area (Å²) in [5.41, 5.74) is 6.61. The highest BCUT2D eigenvalue weighted by Gasteiger charge is 2.28. The fourth-order valence-electron chi connectivity index (χ4n) is 3.54. The number of anilines is 1. The van der Waals surface area contributed by atoms with Gasteiger partial charge in [-0.15, -0.1) is 17.5 Å². The minimum Gasteiger partial charge on any atom is -0.473 e. The van der Waals surface area contributed by atoms with Gasteiger partial charge in [0, 0.05) is 26.2 Å². The first-order valence-corrected chi connectivity index (χ1v) is 8.56. The second-order valence-electron chi connectivity index (χ2n) is 6.32. The minimum atomic E-state index is 0. The van der Waals surface area contributed by atoms with E-state index in [1.165, 1.54) is 12.8 Å². The summed E-state index contributed by atoms with van der Waals surface area (Å²) in [5, 5.41) is 4.52. The molecule has 0 aromatic carbocycles. The molecular formula is C16H29ClN4O3. The summed E-state index contributed by atoms with van der Waals surface area (Å²) in [5.74, 6) is 0.525. The molecule has 3 rings (SSSR count). The minimum absolute atomic E-state index is 0. The number of ether oxygens (including phenoxy) is 3. The highest BCUT2D eigenvalue weighted by atomic mass is 35.5. The van der Waals surface area contributed by atoms with Crippen molar-refractivity contribution < 1.29 is 14.2 Å². The molecule has 1 aromatic heterocycles. The van der Waals surface area contributed by atoms with Gasteiger partial charge < -0.3 is 19.9 Å². The Hall–Kier alpha value is -1.02. The van der Waals surface area contributed by atoms with Crippen molar-refractivity contribution in [2.45, 2.75) is 37.8 Å². The zero-order chi connectivity index (χ0) is 16.1. The second-order valence-corrected chi connectivity index (χ2v) is 6.32. The monoisotopic (exact) mass is 360 g/mol. The quantitative estimate of drug-likeness (QED) is 0.779. The lowest BCUT2D eigenvalue weighted by Crippen LogP contribution is -2.45. The molecule has 24 heavy (non-hydrogen) atoms. The number of methoxy groups -OCH3 is 1. The van der Waals surface area contributed by atoms with Gasteiger partial charge in [-0.05, 0) is 25.7 Å². The van der Waals surface area contributed by atoms with Crippen LogP contribution in [0.5, 0.6) is 5.88 Å². The molecule has 0 radical (unpaired) electrons. The van der Waals surface area contributed by atoms with Crippen LogP contribution in [0.4, 0.5) is 5.69 Å². The summed E-state index contributed by atoms with van der Waals surface area (Å²) in [6.45, 7) is 4.90. The molecule has 1 aliphatic carbocycles. The predicted molar refractivity (Wildman–Crippen MR) is 94.9 cm³/mol. The van der Waals surface area contributed by atoms with Crippen LogP contribution < -0.4 is 10.5 Å². The lowest BCUT2D eigenvalue weighted by Gasteiger charge is -2.38. The molecule has 0 spiro atoms. The number of hydrogen-bond donors (Lipinski definition) is 1. The van der Waals surface area contributed by atoms with E-state index in [1.54, 1.807) is 7.11 Å². The van der Waals surface area contributed by atoms with Crippen LogP contribution >= 0.6 is 12.4 Å². The summed E-state index contributed by atoms with van der Waals surface area (Å²) < 4.78 is 18.0. The third kappa shape index (κ3) is 4.75. The van der Waals surface area contributed by atoms with Crippen molar-refractivity contribution in [1.29, 1.82) is 0 Å². The van der Waals surface area contributed by atoms with E-state index in [2.05, 4.69) is 10.00 Å². The van der Waals surface area contributed by atoms with Gasteiger partial charge in [0.2, 0.25) is 0 Å². The first-order valence-electron chi connectivity index (χ1n) is 8.56. The van der Waals surface area contributed by atoms with Gasteiger partial charge >= 0.3 is 0 Å². The topological polar surface area (TPSA) is 74.8 Å². The highest BCUT2D eigenvalue weighted by molar-refractivity contribution is 5.85. The van der Waals surface area contributed by atoms with Crippen LogP contribution in [0, 0.1) is 0 Å². The summed E-state index contributed by atoms with van der Waals surface area (Å²) in [4.78, 5) is 2.58. The van der Waals surface area contributed by atoms with Gasteiger partial charge in [0.1, 0.15) is 12.3 Å². The van der Waals surface area contributed by atoms with Gasteiger partial charge in [0.05, 0.1) is 32.1 Å². The molecule has 2 heterocycles. The maximum absolute atomic E-state index is 6.00. The average molecular weight is 361 g/mol. The number of rotatable bonds is 6. The Morgan fingerprint density at radius 2 is 1.83 bits per heavy atom. The van der Waals surface area contributed by atoms with E-state index >= 15 is 0 Å². The number of nitrogens with two attached hydrogens (primary N) is 1. The van der Waals surface area contributed by atoms with Crippen LogP contribution in [0.2, 0.25) is 0 Å². The molecule has 2 fully saturated rings. The number of hydrogen-bond acceptors (Lipinski definition) is 6. The molecule has 1 saturated carbocycles. The summed E-state index contributed by atoms with van der Waals surface area (Å²) in [6, 6.07) is 1.12. The molecule has 7 nitrogen and oxygen atoms in total. The first kappa shape index (κ1) is 19.3. The number of nitrogens with zero attached hydrogens (tertiary/aromatic N) is 3. The van der Waals surface area contributed by atoms with Gasteiger partial charge in [-0.1, -0.05) is 0 Å². The standard InChI is InChI=1S/C16H28N4O3.ClH/c1-21-10-11-23-16-15(17)12-20(18-16)14-4-2-13(3-5-14)19-6-8-22-9-7-19;/h12-14H,2-11,17H2,1H3;1H. The Kier molecular flexibility index (Phi) is 7.61. The molecule has 0 bridgehead atoms. The Balaban J connectivity index is 0.00000208. The summed E-state index contributed by atoms with van der Waals surface area (Å²) >= 11 is 0. The molecule has 1 saturated heterocycles. The van der Waals surface area contributed by atoms with Crippen molar-refractivity contribution in [2.75, 3.05) is 52.4 Å². The Bertz CT molecular complexity index is 486. The van der Waals surface area contributed by atoms with Crippen molar-refractivity contribution >= 4 is 18.1 Å². The van der Waals surface area contributed by atoms with Crippen LogP contribution in [0.15, 0.2) is 6.20 Å². The smallest absolute Gasteiger partial charge is 0.256 e. The number of halogens is 1. The third-order valence-electron chi connectivity index (χ3n) is 4.85. The highest BCUT2D eigenvalue weighted by Crippen LogP contribution is 2.33. The Morgan fingerprint density at radius 3 is 2.50 bits per heavy atom. The molecule has 138 valence electrons. The molecule has 0 amide bonds. The van der Waals surface area contributed by atoms with E-state index in [1.807, 2.05) is 10.9 Å². The Labute approximate surface area is 149 Å². The molecular weight excluding hydrogens is 332 g/mol. The van der Waals surface area contributed by atoms with Gasteiger partial charge in [-0.2, -0.15) is 0 Å². The number of aromatic nitrogens is 2. The van der Waals surface area contributed by atoms with Crippen LogP contribution in [-0.4, -0.2) is 67.3 Å². The lowest BCUT2D eigenvalue weighted by molar-refractivity contribution is 0.00502. The van der Waals surface area contributed by atoms with Crippen LogP contribution in [-0.2, 0) is 9.47 Å². The van der Waals surface area contributed by atoms with Crippen molar-refractivity contribution in [2.24, 2.45) is 0 Å². The van der Waals surface area contributed by atoms with E-state index in [9.17, 15) is 0 Å². The zero-order valence-electron chi connectivity index (χ0n) is 14.4. The molecule has 2 N–H and O–H groups in total. The molecule has 8 heteroatoms. The number of morpholine rings is 1. The van der Waals surface area contributed by atoms with Crippen molar-refractivity contribution in [3.05, 3.63) is 6.20 Å². The SMILES string of the molecule is COCCOc1nn(C2CCC(N3CCOCC3)CC2)cc1N.Cl. The lowest BCUT2D eigenvalue weighted by atomic mass is 9.90. The third-order valence-corrected chi connectivity index (χ3v) is 4.85. The predicted octanol–water partition coefficient (Wildman–Crippen LogP) is 1.73.